The molecule has 0 heterocycles. The van der Waals surface area contributed by atoms with E-state index in [4.69, 9.17) is 5.11 Å². The van der Waals surface area contributed by atoms with Gasteiger partial charge in [0.2, 0.25) is 0 Å². The summed E-state index contributed by atoms with van der Waals surface area (Å²) in [4.78, 5) is 11.3. The van der Waals surface area contributed by atoms with Gasteiger partial charge in [-0.05, 0) is 47.2 Å². The number of carboxylic acids is 1. The van der Waals surface area contributed by atoms with Crippen molar-refractivity contribution in [3.63, 3.8) is 0 Å². The predicted molar refractivity (Wildman–Crippen MR) is 58.1 cm³/mol. The van der Waals surface area contributed by atoms with Crippen molar-refractivity contribution in [2.24, 2.45) is 0 Å². The lowest BCUT2D eigenvalue weighted by molar-refractivity contribution is 0.0696. The highest BCUT2D eigenvalue weighted by Crippen LogP contribution is 2.21. The Morgan fingerprint density at radius 2 is 2.17 bits per heavy atom. The Hall–Kier alpha value is -0.230. The Morgan fingerprint density at radius 1 is 1.58 bits per heavy atom. The fourth-order valence-corrected chi connectivity index (χ4v) is 1.89. The lowest BCUT2D eigenvalue weighted by atomic mass is 10.1. The normalized spacial score (nSPS) is 9.92. The third-order valence-corrected chi connectivity index (χ3v) is 3.15. The maximum absolute atomic E-state index is 10.6. The van der Waals surface area contributed by atoms with Crippen molar-refractivity contribution < 1.29 is 9.90 Å². The molecule has 2 nitrogen and oxygen atoms in total. The Labute approximate surface area is 89.5 Å². The van der Waals surface area contributed by atoms with Crippen molar-refractivity contribution in [1.29, 1.82) is 0 Å². The van der Waals surface area contributed by atoms with Gasteiger partial charge in [-0.1, -0.05) is 0 Å². The van der Waals surface area contributed by atoms with Gasteiger partial charge in [0, 0.05) is 8.47 Å². The summed E-state index contributed by atoms with van der Waals surface area (Å²) >= 11 is 6.26. The molecule has 0 atom stereocenters. The molecule has 0 aromatic heterocycles. The number of carbonyl (C=O) groups is 1. The van der Waals surface area contributed by atoms with Crippen LogP contribution in [-0.2, 0) is 0 Å². The highest BCUT2D eigenvalue weighted by Gasteiger charge is 2.07. The fraction of sp³-hybridized carbons (Fsp3) is 0.125. The average molecular weight is 294 g/mol. The second-order valence-corrected chi connectivity index (χ2v) is 4.05. The Morgan fingerprint density at radius 3 is 2.58 bits per heavy atom. The van der Waals surface area contributed by atoms with E-state index in [-0.39, 0.29) is 5.56 Å². The van der Waals surface area contributed by atoms with Crippen LogP contribution in [0.1, 0.15) is 15.9 Å². The average Bonchev–Trinajstić information content (AvgIpc) is 1.99. The van der Waals surface area contributed by atoms with Crippen LogP contribution in [0.15, 0.2) is 17.0 Å². The van der Waals surface area contributed by atoms with Gasteiger partial charge in [-0.15, -0.1) is 12.6 Å². The number of hydrogen-bond acceptors (Lipinski definition) is 2. The standard InChI is InChI=1S/C8H7IO2S/c1-4-6(9)2-5(8(10)11)3-7(4)12/h2-3,12H,1H3,(H,10,11). The fourth-order valence-electron chi connectivity index (χ4n) is 0.788. The van der Waals surface area contributed by atoms with Crippen LogP contribution in [0, 0.1) is 10.5 Å². The molecule has 0 unspecified atom stereocenters. The van der Waals surface area contributed by atoms with Gasteiger partial charge in [0.1, 0.15) is 0 Å². The lowest BCUT2D eigenvalue weighted by Crippen LogP contribution is -1.98. The summed E-state index contributed by atoms with van der Waals surface area (Å²) in [6.45, 7) is 1.91. The van der Waals surface area contributed by atoms with Crippen LogP contribution in [0.3, 0.4) is 0 Å². The van der Waals surface area contributed by atoms with Crippen molar-refractivity contribution in [3.8, 4) is 0 Å². The molecule has 0 bridgehead atoms. The Balaban J connectivity index is 3.31. The first-order chi connectivity index (χ1) is 5.52. The number of carboxylic acid groups (broad SMARTS) is 1. The second-order valence-electron chi connectivity index (χ2n) is 2.41. The molecule has 0 aliphatic heterocycles. The third kappa shape index (κ3) is 1.92. The van der Waals surface area contributed by atoms with Crippen LogP contribution < -0.4 is 0 Å². The van der Waals surface area contributed by atoms with Gasteiger partial charge < -0.3 is 5.11 Å². The maximum Gasteiger partial charge on any atom is 0.335 e. The Bertz CT molecular complexity index is 313. The third-order valence-electron chi connectivity index (χ3n) is 1.56. The number of hydrogen-bond donors (Lipinski definition) is 2. The molecule has 0 spiro atoms. The quantitative estimate of drug-likeness (QED) is 0.617. The molecule has 0 fully saturated rings. The van der Waals surface area contributed by atoms with Crippen LogP contribution in [0.4, 0.5) is 0 Å². The summed E-state index contributed by atoms with van der Waals surface area (Å²) in [5.41, 5.74) is 1.30. The van der Waals surface area contributed by atoms with Gasteiger partial charge in [-0.25, -0.2) is 4.79 Å². The highest BCUT2D eigenvalue weighted by atomic mass is 127. The smallest absolute Gasteiger partial charge is 0.335 e. The first-order valence-corrected chi connectivity index (χ1v) is 4.77. The molecule has 0 radical (unpaired) electrons. The lowest BCUT2D eigenvalue weighted by Gasteiger charge is -2.03. The zero-order valence-corrected chi connectivity index (χ0v) is 9.39. The zero-order chi connectivity index (χ0) is 9.30. The molecule has 1 aromatic carbocycles. The first kappa shape index (κ1) is 9.85. The monoisotopic (exact) mass is 294 g/mol. The minimum atomic E-state index is -0.914. The number of rotatable bonds is 1. The van der Waals surface area contributed by atoms with Gasteiger partial charge in [0.25, 0.3) is 0 Å². The molecule has 1 rings (SSSR count). The molecule has 1 aromatic rings. The number of aromatic carboxylic acids is 1. The predicted octanol–water partition coefficient (Wildman–Crippen LogP) is 2.59. The number of thiol groups is 1. The van der Waals surface area contributed by atoms with Crippen molar-refractivity contribution >= 4 is 41.2 Å². The zero-order valence-electron chi connectivity index (χ0n) is 6.34. The molecule has 1 N–H and O–H groups in total. The molecule has 4 heteroatoms. The maximum atomic E-state index is 10.6. The topological polar surface area (TPSA) is 37.3 Å². The van der Waals surface area contributed by atoms with Crippen LogP contribution >= 0.6 is 35.2 Å². The molecule has 0 aliphatic carbocycles. The molecule has 0 saturated heterocycles. The van der Waals surface area contributed by atoms with Gasteiger partial charge in [0.15, 0.2) is 0 Å². The SMILES string of the molecule is Cc1c(S)cc(C(=O)O)cc1I. The van der Waals surface area contributed by atoms with E-state index in [9.17, 15) is 4.79 Å². The van der Waals surface area contributed by atoms with E-state index in [0.717, 1.165) is 14.0 Å². The molecular weight excluding hydrogens is 287 g/mol. The Kier molecular flexibility index (Phi) is 3.00. The number of halogens is 1. The first-order valence-electron chi connectivity index (χ1n) is 3.25. The summed E-state index contributed by atoms with van der Waals surface area (Å²) in [6.07, 6.45) is 0. The van der Waals surface area contributed by atoms with Gasteiger partial charge in [-0.3, -0.25) is 0 Å². The van der Waals surface area contributed by atoms with E-state index >= 15 is 0 Å². The molecule has 64 valence electrons. The van der Waals surface area contributed by atoms with E-state index in [1.54, 1.807) is 12.1 Å². The molecule has 12 heavy (non-hydrogen) atoms. The van der Waals surface area contributed by atoms with E-state index in [2.05, 4.69) is 35.2 Å². The van der Waals surface area contributed by atoms with E-state index in [0.29, 0.717) is 0 Å². The van der Waals surface area contributed by atoms with Gasteiger partial charge >= 0.3 is 5.97 Å². The van der Waals surface area contributed by atoms with E-state index in [1.807, 2.05) is 6.92 Å². The molecule has 0 aliphatic rings. The molecule has 0 saturated carbocycles. The summed E-state index contributed by atoms with van der Waals surface area (Å²) in [7, 11) is 0. The van der Waals surface area contributed by atoms with Gasteiger partial charge in [-0.2, -0.15) is 0 Å². The van der Waals surface area contributed by atoms with E-state index < -0.39 is 5.97 Å². The van der Waals surface area contributed by atoms with Crippen LogP contribution in [-0.4, -0.2) is 11.1 Å². The summed E-state index contributed by atoms with van der Waals surface area (Å²) < 4.78 is 0.928. The molecule has 0 amide bonds. The highest BCUT2D eigenvalue weighted by molar-refractivity contribution is 14.1. The van der Waals surface area contributed by atoms with Crippen LogP contribution in [0.2, 0.25) is 0 Å². The summed E-state index contributed by atoms with van der Waals surface area (Å²) in [5, 5.41) is 8.69. The second kappa shape index (κ2) is 3.66. The van der Waals surface area contributed by atoms with Crippen LogP contribution in [0.25, 0.3) is 0 Å². The largest absolute Gasteiger partial charge is 0.478 e. The van der Waals surface area contributed by atoms with Crippen molar-refractivity contribution in [1.82, 2.24) is 0 Å². The number of benzene rings is 1. The minimum Gasteiger partial charge on any atom is -0.478 e. The van der Waals surface area contributed by atoms with E-state index in [1.165, 1.54) is 0 Å². The molecular formula is C8H7IO2S. The summed E-state index contributed by atoms with van der Waals surface area (Å²) in [6, 6.07) is 3.20. The summed E-state index contributed by atoms with van der Waals surface area (Å²) in [5.74, 6) is -0.914. The van der Waals surface area contributed by atoms with Crippen molar-refractivity contribution in [3.05, 3.63) is 26.8 Å². The van der Waals surface area contributed by atoms with Crippen LogP contribution in [0.5, 0.6) is 0 Å². The van der Waals surface area contributed by atoms with Crippen molar-refractivity contribution in [2.45, 2.75) is 11.8 Å². The van der Waals surface area contributed by atoms with Crippen molar-refractivity contribution in [2.75, 3.05) is 0 Å². The minimum absolute atomic E-state index is 0.287. The van der Waals surface area contributed by atoms with Gasteiger partial charge in [0.05, 0.1) is 5.56 Å².